The number of aromatic hydroxyl groups is 1. The predicted octanol–water partition coefficient (Wildman–Crippen LogP) is 3.27. The number of benzene rings is 3. The molecule has 0 heterocycles. The van der Waals surface area contributed by atoms with Gasteiger partial charge in [0, 0.05) is 5.39 Å². The van der Waals surface area contributed by atoms with Gasteiger partial charge in [0.1, 0.15) is 30.5 Å². The Kier molecular flexibility index (Phi) is 5.03. The maximum absolute atomic E-state index is 11.6. The molecule has 3 aromatic rings. The van der Waals surface area contributed by atoms with E-state index in [1.807, 2.05) is 12.1 Å². The lowest BCUT2D eigenvalue weighted by Crippen LogP contribution is -2.16. The zero-order chi connectivity index (χ0) is 18.5. The zero-order valence-corrected chi connectivity index (χ0v) is 13.7. The summed E-state index contributed by atoms with van der Waals surface area (Å²) in [5.41, 5.74) is -0.00405. The van der Waals surface area contributed by atoms with Crippen molar-refractivity contribution in [3.63, 3.8) is 0 Å². The third-order valence-electron chi connectivity index (χ3n) is 3.77. The minimum absolute atomic E-state index is 0.00405. The SMILES string of the molecule is O=C(O)C(=O)c1ccccc1OCCOc1ccc2cccc(O)c2c1. The number of hydrogen-bond donors (Lipinski definition) is 2. The van der Waals surface area contributed by atoms with Gasteiger partial charge in [0.05, 0.1) is 5.56 Å². The summed E-state index contributed by atoms with van der Waals surface area (Å²) >= 11 is 0. The van der Waals surface area contributed by atoms with Crippen molar-refractivity contribution in [1.29, 1.82) is 0 Å². The summed E-state index contributed by atoms with van der Waals surface area (Å²) in [6.45, 7) is 0.317. The summed E-state index contributed by atoms with van der Waals surface area (Å²) in [4.78, 5) is 22.5. The van der Waals surface area contributed by atoms with E-state index in [1.54, 1.807) is 36.4 Å². The molecule has 2 N–H and O–H groups in total. The molecular formula is C20H16O6. The van der Waals surface area contributed by atoms with E-state index in [4.69, 9.17) is 14.6 Å². The zero-order valence-electron chi connectivity index (χ0n) is 13.7. The van der Waals surface area contributed by atoms with E-state index >= 15 is 0 Å². The fourth-order valence-electron chi connectivity index (χ4n) is 2.53. The van der Waals surface area contributed by atoms with Gasteiger partial charge in [-0.15, -0.1) is 0 Å². The Morgan fingerprint density at radius 1 is 0.885 bits per heavy atom. The van der Waals surface area contributed by atoms with Crippen LogP contribution in [0.4, 0.5) is 0 Å². The maximum atomic E-state index is 11.6. The van der Waals surface area contributed by atoms with E-state index in [2.05, 4.69) is 0 Å². The Hall–Kier alpha value is -3.54. The quantitative estimate of drug-likeness (QED) is 0.385. The van der Waals surface area contributed by atoms with Crippen LogP contribution in [0, 0.1) is 0 Å². The van der Waals surface area contributed by atoms with Gasteiger partial charge in [0.2, 0.25) is 0 Å². The molecule has 0 unspecified atom stereocenters. The van der Waals surface area contributed by atoms with Crippen molar-refractivity contribution in [2.45, 2.75) is 0 Å². The maximum Gasteiger partial charge on any atom is 0.377 e. The van der Waals surface area contributed by atoms with Crippen molar-refractivity contribution in [2.24, 2.45) is 0 Å². The number of carbonyl (C=O) groups is 2. The lowest BCUT2D eigenvalue weighted by molar-refractivity contribution is -0.131. The van der Waals surface area contributed by atoms with Crippen LogP contribution in [0.15, 0.2) is 60.7 Å². The molecule has 3 aromatic carbocycles. The molecule has 0 fully saturated rings. The van der Waals surface area contributed by atoms with Gasteiger partial charge in [-0.1, -0.05) is 30.3 Å². The van der Waals surface area contributed by atoms with Gasteiger partial charge in [0.15, 0.2) is 0 Å². The second kappa shape index (κ2) is 7.57. The van der Waals surface area contributed by atoms with Crippen LogP contribution in [0.3, 0.4) is 0 Å². The van der Waals surface area contributed by atoms with Crippen LogP contribution in [-0.2, 0) is 4.79 Å². The Labute approximate surface area is 149 Å². The van der Waals surface area contributed by atoms with Crippen LogP contribution in [-0.4, -0.2) is 35.2 Å². The highest BCUT2D eigenvalue weighted by Crippen LogP contribution is 2.28. The molecule has 0 aliphatic rings. The lowest BCUT2D eigenvalue weighted by Gasteiger charge is -2.11. The number of carboxylic acid groups (broad SMARTS) is 1. The molecule has 0 aliphatic carbocycles. The number of rotatable bonds is 7. The molecule has 0 amide bonds. The highest BCUT2D eigenvalue weighted by Gasteiger charge is 2.18. The van der Waals surface area contributed by atoms with Crippen molar-refractivity contribution < 1.29 is 29.3 Å². The molecule has 0 saturated heterocycles. The molecule has 3 rings (SSSR count). The first-order valence-electron chi connectivity index (χ1n) is 7.90. The number of aliphatic carboxylic acids is 1. The Bertz CT molecular complexity index is 963. The van der Waals surface area contributed by atoms with Crippen molar-refractivity contribution in [3.8, 4) is 17.2 Å². The molecule has 26 heavy (non-hydrogen) atoms. The average molecular weight is 352 g/mol. The highest BCUT2D eigenvalue weighted by molar-refractivity contribution is 6.40. The Morgan fingerprint density at radius 2 is 1.65 bits per heavy atom. The Balaban J connectivity index is 1.62. The molecule has 0 bridgehead atoms. The first kappa shape index (κ1) is 17.3. The monoisotopic (exact) mass is 352 g/mol. The van der Waals surface area contributed by atoms with E-state index < -0.39 is 11.8 Å². The van der Waals surface area contributed by atoms with Crippen molar-refractivity contribution >= 4 is 22.5 Å². The minimum atomic E-state index is -1.53. The van der Waals surface area contributed by atoms with E-state index in [-0.39, 0.29) is 30.3 Å². The number of phenolic OH excluding ortho intramolecular Hbond substituents is 1. The van der Waals surface area contributed by atoms with Crippen LogP contribution in [0.1, 0.15) is 10.4 Å². The Morgan fingerprint density at radius 3 is 2.46 bits per heavy atom. The predicted molar refractivity (Wildman–Crippen MR) is 95.0 cm³/mol. The number of fused-ring (bicyclic) bond motifs is 1. The van der Waals surface area contributed by atoms with Gasteiger partial charge < -0.3 is 19.7 Å². The molecule has 0 radical (unpaired) electrons. The van der Waals surface area contributed by atoms with Crippen LogP contribution in [0.2, 0.25) is 0 Å². The fourth-order valence-corrected chi connectivity index (χ4v) is 2.53. The number of hydrogen-bond acceptors (Lipinski definition) is 5. The van der Waals surface area contributed by atoms with Crippen molar-refractivity contribution in [2.75, 3.05) is 13.2 Å². The molecule has 6 nitrogen and oxygen atoms in total. The summed E-state index contributed by atoms with van der Waals surface area (Å²) < 4.78 is 11.1. The van der Waals surface area contributed by atoms with Gasteiger partial charge in [-0.3, -0.25) is 4.79 Å². The standard InChI is InChI=1S/C20H16O6/c21-17-6-3-4-13-8-9-14(12-16(13)17)25-10-11-26-18-7-2-1-5-15(18)19(22)20(23)24/h1-9,12,21H,10-11H2,(H,23,24). The third-order valence-corrected chi connectivity index (χ3v) is 3.77. The van der Waals surface area contributed by atoms with Gasteiger partial charge in [0.25, 0.3) is 5.78 Å². The molecule has 132 valence electrons. The molecule has 0 aromatic heterocycles. The van der Waals surface area contributed by atoms with Gasteiger partial charge in [-0.2, -0.15) is 0 Å². The number of carboxylic acids is 1. The average Bonchev–Trinajstić information content (AvgIpc) is 2.65. The fraction of sp³-hybridized carbons (Fsp3) is 0.100. The number of ketones is 1. The van der Waals surface area contributed by atoms with Gasteiger partial charge in [-0.05, 0) is 35.7 Å². The highest BCUT2D eigenvalue weighted by atomic mass is 16.5. The number of para-hydroxylation sites is 1. The molecule has 6 heteroatoms. The van der Waals surface area contributed by atoms with Crippen LogP contribution >= 0.6 is 0 Å². The molecule has 0 spiro atoms. The summed E-state index contributed by atoms with van der Waals surface area (Å²) in [5.74, 6) is -1.62. The third kappa shape index (κ3) is 3.75. The first-order chi connectivity index (χ1) is 12.6. The summed E-state index contributed by atoms with van der Waals surface area (Å²) in [5, 5.41) is 20.3. The van der Waals surface area contributed by atoms with Crippen LogP contribution in [0.25, 0.3) is 10.8 Å². The van der Waals surface area contributed by atoms with E-state index in [0.717, 1.165) is 5.39 Å². The second-order valence-corrected chi connectivity index (χ2v) is 5.49. The molecular weight excluding hydrogens is 336 g/mol. The largest absolute Gasteiger partial charge is 0.507 e. The lowest BCUT2D eigenvalue weighted by atomic mass is 10.1. The smallest absolute Gasteiger partial charge is 0.377 e. The van der Waals surface area contributed by atoms with Crippen LogP contribution < -0.4 is 9.47 Å². The summed E-state index contributed by atoms with van der Waals surface area (Å²) in [6, 6.07) is 16.8. The van der Waals surface area contributed by atoms with E-state index in [9.17, 15) is 14.7 Å². The number of phenols is 1. The topological polar surface area (TPSA) is 93.1 Å². The normalized spacial score (nSPS) is 10.5. The van der Waals surface area contributed by atoms with Crippen molar-refractivity contribution in [3.05, 3.63) is 66.2 Å². The first-order valence-corrected chi connectivity index (χ1v) is 7.90. The summed E-state index contributed by atoms with van der Waals surface area (Å²) in [7, 11) is 0. The minimum Gasteiger partial charge on any atom is -0.507 e. The molecule has 0 saturated carbocycles. The van der Waals surface area contributed by atoms with Crippen LogP contribution in [0.5, 0.6) is 17.2 Å². The van der Waals surface area contributed by atoms with E-state index in [0.29, 0.717) is 11.1 Å². The van der Waals surface area contributed by atoms with E-state index in [1.165, 1.54) is 12.1 Å². The molecule has 0 aliphatic heterocycles. The number of carbonyl (C=O) groups excluding carboxylic acids is 1. The number of Topliss-reactive ketones (excluding diaryl/α,β-unsaturated/α-hetero) is 1. The van der Waals surface area contributed by atoms with Gasteiger partial charge in [-0.25, -0.2) is 4.79 Å². The van der Waals surface area contributed by atoms with Crippen molar-refractivity contribution in [1.82, 2.24) is 0 Å². The number of ether oxygens (including phenoxy) is 2. The second-order valence-electron chi connectivity index (χ2n) is 5.49. The van der Waals surface area contributed by atoms with Gasteiger partial charge >= 0.3 is 5.97 Å². The summed E-state index contributed by atoms with van der Waals surface area (Å²) in [6.07, 6.45) is 0. The molecule has 0 atom stereocenters.